The fourth-order valence-corrected chi connectivity index (χ4v) is 5.44. The van der Waals surface area contributed by atoms with Crippen LogP contribution in [0, 0.1) is 0 Å². The summed E-state index contributed by atoms with van der Waals surface area (Å²) in [4.78, 5) is 25.5. The van der Waals surface area contributed by atoms with E-state index in [1.54, 1.807) is 7.11 Å². The van der Waals surface area contributed by atoms with E-state index in [-0.39, 0.29) is 24.7 Å². The molecule has 0 aliphatic carbocycles. The summed E-state index contributed by atoms with van der Waals surface area (Å²) in [5.41, 5.74) is 3.40. The molecule has 0 aromatic heterocycles. The number of hydrogen-bond donors (Lipinski definition) is 1. The molecule has 194 valence electrons. The van der Waals surface area contributed by atoms with E-state index >= 15 is 0 Å². The second-order valence-electron chi connectivity index (χ2n) is 9.47. The van der Waals surface area contributed by atoms with Gasteiger partial charge in [-0.3, -0.25) is 14.8 Å². The molecule has 9 heteroatoms. The molecule has 2 aliphatic rings. The third kappa shape index (κ3) is 5.37. The number of hydrogen-bond acceptors (Lipinski definition) is 5. The number of halogens is 1. The summed E-state index contributed by atoms with van der Waals surface area (Å²) in [6.07, 6.45) is 0. The molecule has 2 atom stereocenters. The summed E-state index contributed by atoms with van der Waals surface area (Å²) >= 11 is 3.54. The van der Waals surface area contributed by atoms with Gasteiger partial charge in [0.2, 0.25) is 0 Å². The number of carbonyl (C=O) groups excluding carboxylic acids is 1. The Labute approximate surface area is 233 Å². The summed E-state index contributed by atoms with van der Waals surface area (Å²) < 4.78 is 6.67. The number of β-amino-alcohol motifs (C(OH)–C–C–N with tert-alkyl or cyclic N) is 1. The van der Waals surface area contributed by atoms with E-state index in [9.17, 15) is 9.90 Å². The van der Waals surface area contributed by atoms with E-state index in [1.807, 2.05) is 82.6 Å². The number of aliphatic hydroxyl groups is 1. The second-order valence-corrected chi connectivity index (χ2v) is 10.4. The lowest BCUT2D eigenvalue weighted by Crippen LogP contribution is -2.54. The minimum Gasteiger partial charge on any atom is -0.496 e. The summed E-state index contributed by atoms with van der Waals surface area (Å²) in [5.74, 6) is 1.24. The average molecular weight is 573 g/mol. The van der Waals surface area contributed by atoms with Crippen molar-refractivity contribution in [2.24, 2.45) is 4.99 Å². The lowest BCUT2D eigenvalue weighted by Gasteiger charge is -2.39. The number of benzene rings is 3. The Hall–Kier alpha value is -3.14. The number of nitrogens with zero attached hydrogens (tertiary/aromatic N) is 4. The van der Waals surface area contributed by atoms with Crippen molar-refractivity contribution < 1.29 is 14.6 Å². The first kappa shape index (κ1) is 26.5. The van der Waals surface area contributed by atoms with Gasteiger partial charge in [0.15, 0.2) is 0 Å². The van der Waals surface area contributed by atoms with Crippen LogP contribution in [0.3, 0.4) is 0 Å². The number of amides is 2. The highest BCUT2D eigenvalue weighted by molar-refractivity contribution is 9.10. The Kier molecular flexibility index (Phi) is 8.16. The lowest BCUT2D eigenvalue weighted by molar-refractivity contribution is 0.108. The molecule has 0 spiro atoms. The van der Waals surface area contributed by atoms with E-state index in [2.05, 4.69) is 20.8 Å². The third-order valence-corrected chi connectivity index (χ3v) is 7.70. The smallest absolute Gasteiger partial charge is 0.326 e. The van der Waals surface area contributed by atoms with Gasteiger partial charge < -0.3 is 14.7 Å². The number of aliphatic imine (C=N–C) groups is 1. The number of carbonyl (C=O) groups is 1. The molecular formula is C29H30BBrN4O3. The zero-order chi connectivity index (χ0) is 26.6. The molecule has 5 rings (SSSR count). The minimum atomic E-state index is -0.366. The van der Waals surface area contributed by atoms with Gasteiger partial charge in [-0.25, -0.2) is 4.79 Å². The Bertz CT molecular complexity index is 1290. The predicted octanol–water partition coefficient (Wildman–Crippen LogP) is 3.53. The molecule has 1 N–H and O–H groups in total. The van der Waals surface area contributed by atoms with Gasteiger partial charge in [-0.2, -0.15) is 0 Å². The van der Waals surface area contributed by atoms with Crippen molar-refractivity contribution >= 4 is 41.1 Å². The van der Waals surface area contributed by atoms with Crippen LogP contribution in [0.15, 0.2) is 82.3 Å². The summed E-state index contributed by atoms with van der Waals surface area (Å²) in [6.45, 7) is 3.31. The van der Waals surface area contributed by atoms with Crippen LogP contribution in [0.5, 0.6) is 5.75 Å². The van der Waals surface area contributed by atoms with E-state index in [0.29, 0.717) is 49.8 Å². The largest absolute Gasteiger partial charge is 0.496 e. The normalized spacial score (nSPS) is 19.9. The van der Waals surface area contributed by atoms with Crippen molar-refractivity contribution in [1.82, 2.24) is 14.7 Å². The van der Waals surface area contributed by atoms with Gasteiger partial charge in [-0.05, 0) is 35.4 Å². The van der Waals surface area contributed by atoms with Crippen molar-refractivity contribution in [1.29, 1.82) is 0 Å². The van der Waals surface area contributed by atoms with E-state index in [1.165, 1.54) is 0 Å². The Morgan fingerprint density at radius 1 is 1.00 bits per heavy atom. The maximum absolute atomic E-state index is 14.4. The molecule has 2 heterocycles. The van der Waals surface area contributed by atoms with Gasteiger partial charge in [0, 0.05) is 37.2 Å². The number of rotatable bonds is 6. The molecular weight excluding hydrogens is 543 g/mol. The monoisotopic (exact) mass is 572 g/mol. The molecule has 1 fully saturated rings. The zero-order valence-corrected chi connectivity index (χ0v) is 22.9. The summed E-state index contributed by atoms with van der Waals surface area (Å²) in [7, 11) is 7.63. The lowest BCUT2D eigenvalue weighted by atomic mass is 9.90. The SMILES string of the molecule is [B]c1ccc([C@H]2N=C(c3ccccc3OC)N(C(=O)N3CCN(CCO)CC3)[C@H]2c2ccc(Br)cc2)cc1. The van der Waals surface area contributed by atoms with Crippen LogP contribution >= 0.6 is 15.9 Å². The highest BCUT2D eigenvalue weighted by Crippen LogP contribution is 2.45. The third-order valence-electron chi connectivity index (χ3n) is 7.17. The van der Waals surface area contributed by atoms with Crippen molar-refractivity contribution in [2.45, 2.75) is 12.1 Å². The summed E-state index contributed by atoms with van der Waals surface area (Å²) in [6, 6.07) is 22.7. The van der Waals surface area contributed by atoms with Crippen LogP contribution in [0.4, 0.5) is 4.79 Å². The number of methoxy groups -OCH3 is 1. The molecule has 3 aromatic carbocycles. The number of ether oxygens (including phenoxy) is 1. The fraction of sp³-hybridized carbons (Fsp3) is 0.310. The fourth-order valence-electron chi connectivity index (χ4n) is 5.17. The standard InChI is InChI=1S/C29H30BBrN4O3/c1-38-25-5-3-2-4-24(25)28-32-26(20-6-10-22(30)11-7-20)27(21-8-12-23(31)13-9-21)35(28)29(37)34-16-14-33(15-17-34)18-19-36/h2-13,26-27,36H,14-19H2,1H3/t26-,27+/m1/s1. The molecule has 7 nitrogen and oxygen atoms in total. The van der Waals surface area contributed by atoms with E-state index in [4.69, 9.17) is 17.6 Å². The number of aliphatic hydroxyl groups excluding tert-OH is 1. The van der Waals surface area contributed by atoms with Gasteiger partial charge in [0.25, 0.3) is 0 Å². The molecule has 3 aromatic rings. The molecule has 2 radical (unpaired) electrons. The van der Waals surface area contributed by atoms with Crippen LogP contribution in [0.25, 0.3) is 0 Å². The molecule has 2 amide bonds. The van der Waals surface area contributed by atoms with Crippen LogP contribution < -0.4 is 10.2 Å². The van der Waals surface area contributed by atoms with Crippen LogP contribution in [-0.4, -0.2) is 86.0 Å². The van der Waals surface area contributed by atoms with Crippen LogP contribution in [-0.2, 0) is 0 Å². The second kappa shape index (κ2) is 11.7. The molecule has 38 heavy (non-hydrogen) atoms. The number of piperazine rings is 1. The van der Waals surface area contributed by atoms with E-state index in [0.717, 1.165) is 21.2 Å². The summed E-state index contributed by atoms with van der Waals surface area (Å²) in [5, 5.41) is 9.34. The Morgan fingerprint density at radius 3 is 2.32 bits per heavy atom. The highest BCUT2D eigenvalue weighted by atomic mass is 79.9. The van der Waals surface area contributed by atoms with Gasteiger partial charge in [-0.1, -0.05) is 69.9 Å². The zero-order valence-electron chi connectivity index (χ0n) is 21.3. The van der Waals surface area contributed by atoms with E-state index < -0.39 is 0 Å². The topological polar surface area (TPSA) is 68.6 Å². The number of para-hydroxylation sites is 1. The number of urea groups is 1. The predicted molar refractivity (Wildman–Crippen MR) is 153 cm³/mol. The van der Waals surface area contributed by atoms with Gasteiger partial charge >= 0.3 is 6.03 Å². The molecule has 1 saturated heterocycles. The highest BCUT2D eigenvalue weighted by Gasteiger charge is 2.44. The molecule has 0 bridgehead atoms. The first-order chi connectivity index (χ1) is 18.5. The maximum atomic E-state index is 14.4. The van der Waals surface area contributed by atoms with Gasteiger partial charge in [-0.15, -0.1) is 0 Å². The first-order valence-electron chi connectivity index (χ1n) is 12.7. The van der Waals surface area contributed by atoms with Crippen molar-refractivity contribution in [2.75, 3.05) is 46.4 Å². The van der Waals surface area contributed by atoms with Crippen LogP contribution in [0.1, 0.15) is 28.8 Å². The quantitative estimate of drug-likeness (QED) is 0.459. The van der Waals surface area contributed by atoms with Gasteiger partial charge in [0.1, 0.15) is 25.5 Å². The molecule has 0 saturated carbocycles. The Balaban J connectivity index is 1.61. The first-order valence-corrected chi connectivity index (χ1v) is 13.5. The minimum absolute atomic E-state index is 0.0934. The maximum Gasteiger partial charge on any atom is 0.326 e. The Morgan fingerprint density at radius 2 is 1.66 bits per heavy atom. The molecule has 2 aliphatic heterocycles. The average Bonchev–Trinajstić information content (AvgIpc) is 3.34. The van der Waals surface area contributed by atoms with Crippen molar-refractivity contribution in [3.05, 3.63) is 94.0 Å². The van der Waals surface area contributed by atoms with Crippen LogP contribution in [0.2, 0.25) is 0 Å². The van der Waals surface area contributed by atoms with Crippen molar-refractivity contribution in [3.8, 4) is 5.75 Å². The number of amidine groups is 1. The molecule has 0 unspecified atom stereocenters. The van der Waals surface area contributed by atoms with Gasteiger partial charge in [0.05, 0.1) is 25.3 Å². The van der Waals surface area contributed by atoms with Crippen molar-refractivity contribution in [3.63, 3.8) is 0 Å².